The van der Waals surface area contributed by atoms with E-state index in [-0.39, 0.29) is 48.6 Å². The van der Waals surface area contributed by atoms with E-state index in [1.807, 2.05) is 36.0 Å². The van der Waals surface area contributed by atoms with Crippen molar-refractivity contribution in [1.29, 1.82) is 0 Å². The van der Waals surface area contributed by atoms with Crippen molar-refractivity contribution in [2.45, 2.75) is 25.3 Å². The number of halogens is 2. The Balaban J connectivity index is 0.00000182. The zero-order valence-corrected chi connectivity index (χ0v) is 17.6. The molecule has 0 radical (unpaired) electrons. The number of thioether (sulfide) groups is 1. The van der Waals surface area contributed by atoms with Gasteiger partial charge >= 0.3 is 0 Å². The van der Waals surface area contributed by atoms with Gasteiger partial charge in [-0.1, -0.05) is 12.1 Å². The summed E-state index contributed by atoms with van der Waals surface area (Å²) in [4.78, 5) is 26.0. The molecule has 1 aromatic rings. The van der Waals surface area contributed by atoms with Crippen LogP contribution < -0.4 is 21.3 Å². The maximum atomic E-state index is 12.4. The second-order valence-corrected chi connectivity index (χ2v) is 7.81. The van der Waals surface area contributed by atoms with Gasteiger partial charge in [0, 0.05) is 49.5 Å². The molecule has 152 valence electrons. The highest BCUT2D eigenvalue weighted by Crippen LogP contribution is 2.30. The normalized spacial score (nSPS) is 20.1. The summed E-state index contributed by atoms with van der Waals surface area (Å²) in [5.41, 5.74) is 7.27. The van der Waals surface area contributed by atoms with Crippen LogP contribution in [-0.4, -0.2) is 49.0 Å². The van der Waals surface area contributed by atoms with Gasteiger partial charge in [0.05, 0.1) is 11.4 Å². The average Bonchev–Trinajstić information content (AvgIpc) is 2.63. The van der Waals surface area contributed by atoms with E-state index in [0.717, 1.165) is 55.4 Å². The summed E-state index contributed by atoms with van der Waals surface area (Å²) < 4.78 is 0. The predicted octanol–water partition coefficient (Wildman–Crippen LogP) is 2.27. The number of primary amides is 1. The first kappa shape index (κ1) is 23.9. The quantitative estimate of drug-likeness (QED) is 0.661. The lowest BCUT2D eigenvalue weighted by molar-refractivity contribution is -0.122. The smallest absolute Gasteiger partial charge is 0.226 e. The average molecular weight is 435 g/mol. The van der Waals surface area contributed by atoms with Crippen LogP contribution in [0.3, 0.4) is 0 Å². The molecular weight excluding hydrogens is 407 g/mol. The molecule has 2 fully saturated rings. The Morgan fingerprint density at radius 2 is 1.93 bits per heavy atom. The number of anilines is 2. The molecule has 2 amide bonds. The molecule has 1 unspecified atom stereocenters. The minimum atomic E-state index is -0.209. The van der Waals surface area contributed by atoms with Crippen LogP contribution in [0.4, 0.5) is 11.4 Å². The fourth-order valence-corrected chi connectivity index (χ4v) is 4.38. The first-order valence-corrected chi connectivity index (χ1v) is 10.0. The number of carbonyl (C=O) groups excluding carboxylic acids is 2. The Labute approximate surface area is 177 Å². The van der Waals surface area contributed by atoms with E-state index >= 15 is 0 Å². The molecule has 2 saturated heterocycles. The fourth-order valence-electron chi connectivity index (χ4n) is 3.44. The van der Waals surface area contributed by atoms with Crippen molar-refractivity contribution < 1.29 is 9.59 Å². The largest absolute Gasteiger partial charge is 0.370 e. The number of amides is 2. The molecule has 0 saturated carbocycles. The second-order valence-electron chi connectivity index (χ2n) is 6.66. The topological polar surface area (TPSA) is 87.5 Å². The lowest BCUT2D eigenvalue weighted by Crippen LogP contribution is -2.40. The summed E-state index contributed by atoms with van der Waals surface area (Å²) in [5.74, 6) is 1.89. The Hall–Kier alpha value is -1.15. The van der Waals surface area contributed by atoms with Gasteiger partial charge in [-0.2, -0.15) is 11.8 Å². The van der Waals surface area contributed by atoms with Crippen LogP contribution in [0.15, 0.2) is 24.3 Å². The molecule has 2 aliphatic rings. The van der Waals surface area contributed by atoms with E-state index in [1.165, 1.54) is 0 Å². The van der Waals surface area contributed by atoms with Gasteiger partial charge in [-0.25, -0.2) is 0 Å². The monoisotopic (exact) mass is 434 g/mol. The molecule has 27 heavy (non-hydrogen) atoms. The van der Waals surface area contributed by atoms with Crippen LogP contribution in [-0.2, 0) is 9.59 Å². The molecule has 0 spiro atoms. The van der Waals surface area contributed by atoms with Crippen LogP contribution in [0.5, 0.6) is 0 Å². The van der Waals surface area contributed by atoms with E-state index in [9.17, 15) is 9.59 Å². The SMILES string of the molecule is Cl.Cl.NC(=O)C1CCN(c2ccccc2NC(=O)CC2CSCCN2)CC1. The summed E-state index contributed by atoms with van der Waals surface area (Å²) in [6, 6.07) is 8.12. The molecule has 3 rings (SSSR count). The maximum Gasteiger partial charge on any atom is 0.226 e. The summed E-state index contributed by atoms with van der Waals surface area (Å²) in [6.07, 6.45) is 2.02. The minimum absolute atomic E-state index is 0. The van der Waals surface area contributed by atoms with Gasteiger partial charge in [0.1, 0.15) is 0 Å². The number of para-hydroxylation sites is 2. The Kier molecular flexibility index (Phi) is 10.3. The summed E-state index contributed by atoms with van der Waals surface area (Å²) in [7, 11) is 0. The number of hydrogen-bond acceptors (Lipinski definition) is 5. The maximum absolute atomic E-state index is 12.4. The van der Waals surface area contributed by atoms with E-state index in [4.69, 9.17) is 5.73 Å². The zero-order valence-electron chi connectivity index (χ0n) is 15.2. The van der Waals surface area contributed by atoms with Gasteiger partial charge in [-0.3, -0.25) is 9.59 Å². The summed E-state index contributed by atoms with van der Waals surface area (Å²) in [5, 5.41) is 6.46. The number of nitrogens with two attached hydrogens (primary N) is 1. The van der Waals surface area contributed by atoms with Gasteiger partial charge < -0.3 is 21.3 Å². The molecule has 6 nitrogen and oxygen atoms in total. The van der Waals surface area contributed by atoms with E-state index in [0.29, 0.717) is 6.42 Å². The van der Waals surface area contributed by atoms with E-state index in [1.54, 1.807) is 0 Å². The molecule has 1 atom stereocenters. The number of carbonyl (C=O) groups is 2. The molecule has 0 aromatic heterocycles. The van der Waals surface area contributed by atoms with Crippen molar-refractivity contribution in [3.05, 3.63) is 24.3 Å². The van der Waals surface area contributed by atoms with Crippen molar-refractivity contribution >= 4 is 59.8 Å². The molecule has 2 aliphatic heterocycles. The number of benzene rings is 1. The number of piperidine rings is 1. The van der Waals surface area contributed by atoms with Gasteiger partial charge in [0.15, 0.2) is 0 Å². The minimum Gasteiger partial charge on any atom is -0.370 e. The van der Waals surface area contributed by atoms with Crippen molar-refractivity contribution in [2.75, 3.05) is 41.4 Å². The highest BCUT2D eigenvalue weighted by Gasteiger charge is 2.25. The molecule has 9 heteroatoms. The molecular formula is C18H28Cl2N4O2S. The fraction of sp³-hybridized carbons (Fsp3) is 0.556. The van der Waals surface area contributed by atoms with Gasteiger partial charge in [-0.05, 0) is 25.0 Å². The van der Waals surface area contributed by atoms with Crippen molar-refractivity contribution in [2.24, 2.45) is 11.7 Å². The van der Waals surface area contributed by atoms with Gasteiger partial charge in [-0.15, -0.1) is 24.8 Å². The second kappa shape index (κ2) is 11.6. The first-order chi connectivity index (χ1) is 12.1. The third-order valence-electron chi connectivity index (χ3n) is 4.85. The number of nitrogens with zero attached hydrogens (tertiary/aromatic N) is 1. The molecule has 1 aromatic carbocycles. The Morgan fingerprint density at radius 3 is 2.56 bits per heavy atom. The lowest BCUT2D eigenvalue weighted by Gasteiger charge is -2.33. The van der Waals surface area contributed by atoms with Crippen molar-refractivity contribution in [3.63, 3.8) is 0 Å². The summed E-state index contributed by atoms with van der Waals surface area (Å²) >= 11 is 1.89. The summed E-state index contributed by atoms with van der Waals surface area (Å²) in [6.45, 7) is 2.52. The highest BCUT2D eigenvalue weighted by atomic mass is 35.5. The van der Waals surface area contributed by atoms with Crippen LogP contribution in [0, 0.1) is 5.92 Å². The number of nitrogens with one attached hydrogen (secondary N) is 2. The van der Waals surface area contributed by atoms with Crippen LogP contribution in [0.1, 0.15) is 19.3 Å². The van der Waals surface area contributed by atoms with Crippen molar-refractivity contribution in [3.8, 4) is 0 Å². The van der Waals surface area contributed by atoms with Crippen molar-refractivity contribution in [1.82, 2.24) is 5.32 Å². The Morgan fingerprint density at radius 1 is 1.22 bits per heavy atom. The predicted molar refractivity (Wildman–Crippen MR) is 117 cm³/mol. The third kappa shape index (κ3) is 6.75. The standard InChI is InChI=1S/C18H26N4O2S.2ClH/c19-18(24)13-5-8-22(9-6-13)16-4-2-1-3-15(16)21-17(23)11-14-12-25-10-7-20-14;;/h1-4,13-14,20H,5-12H2,(H2,19,24)(H,21,23);2*1H. The molecule has 2 heterocycles. The third-order valence-corrected chi connectivity index (χ3v) is 5.98. The van der Waals surface area contributed by atoms with Crippen LogP contribution >= 0.6 is 36.6 Å². The molecule has 0 aliphatic carbocycles. The molecule has 4 N–H and O–H groups in total. The van der Waals surface area contributed by atoms with E-state index < -0.39 is 0 Å². The Bertz CT molecular complexity index is 621. The van der Waals surface area contributed by atoms with Gasteiger partial charge in [0.25, 0.3) is 0 Å². The lowest BCUT2D eigenvalue weighted by atomic mass is 9.96. The van der Waals surface area contributed by atoms with Crippen LogP contribution in [0.25, 0.3) is 0 Å². The van der Waals surface area contributed by atoms with Gasteiger partial charge in [0.2, 0.25) is 11.8 Å². The number of rotatable bonds is 5. The van der Waals surface area contributed by atoms with Crippen LogP contribution in [0.2, 0.25) is 0 Å². The zero-order chi connectivity index (χ0) is 17.6. The van der Waals surface area contributed by atoms with E-state index in [2.05, 4.69) is 15.5 Å². The number of hydrogen-bond donors (Lipinski definition) is 3. The molecule has 0 bridgehead atoms. The highest BCUT2D eigenvalue weighted by molar-refractivity contribution is 7.99. The first-order valence-electron chi connectivity index (χ1n) is 8.88.